The minimum atomic E-state index is -5.02. The lowest BCUT2D eigenvalue weighted by Gasteiger charge is -2.25. The van der Waals surface area contributed by atoms with E-state index in [-0.39, 0.29) is 13.1 Å². The molecule has 5 rings (SSSR count). The van der Waals surface area contributed by atoms with E-state index in [1.165, 1.54) is 11.1 Å². The van der Waals surface area contributed by atoms with Crippen LogP contribution in [0, 0.1) is 0 Å². The van der Waals surface area contributed by atoms with Crippen LogP contribution in [0.15, 0.2) is 60.7 Å². The molecule has 8 nitrogen and oxygen atoms in total. The molecule has 0 unspecified atom stereocenters. The number of alkyl halides is 3. The monoisotopic (exact) mass is 553 g/mol. The predicted molar refractivity (Wildman–Crippen MR) is 145 cm³/mol. The van der Waals surface area contributed by atoms with E-state index in [0.717, 1.165) is 52.7 Å². The highest BCUT2D eigenvalue weighted by atomic mass is 19.4. The molecule has 0 fully saturated rings. The van der Waals surface area contributed by atoms with Gasteiger partial charge in [0.05, 0.1) is 13.2 Å². The van der Waals surface area contributed by atoms with Crippen molar-refractivity contribution in [2.24, 2.45) is 0 Å². The zero-order valence-corrected chi connectivity index (χ0v) is 22.1. The van der Waals surface area contributed by atoms with E-state index in [1.54, 1.807) is 13.2 Å². The Morgan fingerprint density at radius 1 is 0.900 bits per heavy atom. The normalized spacial score (nSPS) is 16.4. The molecule has 0 amide bonds. The smallest absolute Gasteiger partial charge is 0.383 e. The molecule has 3 aromatic rings. The third kappa shape index (κ3) is 6.33. The molecule has 0 spiro atoms. The summed E-state index contributed by atoms with van der Waals surface area (Å²) >= 11 is 0. The van der Waals surface area contributed by atoms with E-state index in [1.807, 2.05) is 28.8 Å². The quantitative estimate of drug-likeness (QED) is 0.432. The molecule has 2 aliphatic heterocycles. The maximum absolute atomic E-state index is 12.5. The van der Waals surface area contributed by atoms with Crippen molar-refractivity contribution in [3.8, 4) is 22.8 Å². The first-order valence-corrected chi connectivity index (χ1v) is 13.1. The summed E-state index contributed by atoms with van der Waals surface area (Å²) in [5.41, 5.74) is 6.31. The number of carbonyl (C=O) groups excluding carboxylic acids is 1. The molecule has 0 aliphatic carbocycles. The zero-order chi connectivity index (χ0) is 28.1. The number of methoxy groups -OCH3 is 1. The molecule has 210 valence electrons. The fourth-order valence-corrected chi connectivity index (χ4v) is 4.84. The van der Waals surface area contributed by atoms with E-state index >= 15 is 0 Å². The van der Waals surface area contributed by atoms with Crippen molar-refractivity contribution >= 4 is 17.1 Å². The Hall–Kier alpha value is -3.80. The highest BCUT2D eigenvalue weighted by Crippen LogP contribution is 2.30. The number of carbonyl (C=O) groups is 1. The summed E-state index contributed by atoms with van der Waals surface area (Å²) in [6.07, 6.45) is 0.429. The number of nitrogens with zero attached hydrogens (tertiary/aromatic N) is 4. The molecule has 40 heavy (non-hydrogen) atoms. The van der Waals surface area contributed by atoms with Crippen molar-refractivity contribution in [2.45, 2.75) is 25.6 Å². The van der Waals surface area contributed by atoms with Crippen molar-refractivity contribution in [3.05, 3.63) is 71.8 Å². The lowest BCUT2D eigenvalue weighted by Crippen LogP contribution is -2.37. The predicted octanol–water partition coefficient (Wildman–Crippen LogP) is 4.74. The summed E-state index contributed by atoms with van der Waals surface area (Å²) < 4.78 is 44.8. The topological polar surface area (TPSA) is 81.5 Å². The van der Waals surface area contributed by atoms with Crippen LogP contribution in [-0.2, 0) is 20.9 Å². The van der Waals surface area contributed by atoms with Crippen LogP contribution in [0.1, 0.15) is 24.0 Å². The Morgan fingerprint density at radius 3 is 1.95 bits per heavy atom. The molecule has 0 bridgehead atoms. The molecule has 0 atom stereocenters. The second kappa shape index (κ2) is 12.2. The molecule has 0 saturated heterocycles. The number of nitrogens with one attached hydrogen (secondary N) is 1. The Bertz CT molecular complexity index is 1400. The Balaban J connectivity index is 1.33. The SMILES string of the molecule is COCCn1c(-c2ccc(C3=CCNCC3)cc2)nnc1-c1ccc(C2=CCN(OC(=O)C(F)(F)F)CC2)cc1. The maximum atomic E-state index is 12.5. The van der Waals surface area contributed by atoms with Crippen LogP contribution in [0.2, 0.25) is 0 Å². The van der Waals surface area contributed by atoms with E-state index in [0.29, 0.717) is 25.4 Å². The van der Waals surface area contributed by atoms with Gasteiger partial charge >= 0.3 is 12.1 Å². The summed E-state index contributed by atoms with van der Waals surface area (Å²) in [7, 11) is 1.66. The lowest BCUT2D eigenvalue weighted by molar-refractivity contribution is -0.237. The van der Waals surface area contributed by atoms with Gasteiger partial charge in [-0.05, 0) is 41.7 Å². The van der Waals surface area contributed by atoms with Crippen LogP contribution in [-0.4, -0.2) is 71.9 Å². The van der Waals surface area contributed by atoms with Gasteiger partial charge in [0.1, 0.15) is 0 Å². The van der Waals surface area contributed by atoms with E-state index < -0.39 is 12.1 Å². The average molecular weight is 554 g/mol. The molecule has 3 heterocycles. The summed E-state index contributed by atoms with van der Waals surface area (Å²) in [6.45, 7) is 3.20. The Morgan fingerprint density at radius 2 is 1.48 bits per heavy atom. The number of halogens is 3. The molecule has 11 heteroatoms. The minimum Gasteiger partial charge on any atom is -0.383 e. The van der Waals surface area contributed by atoms with Crippen LogP contribution >= 0.6 is 0 Å². The van der Waals surface area contributed by atoms with E-state index in [9.17, 15) is 18.0 Å². The largest absolute Gasteiger partial charge is 0.492 e. The third-order valence-corrected chi connectivity index (χ3v) is 6.98. The van der Waals surface area contributed by atoms with Gasteiger partial charge in [-0.15, -0.1) is 15.3 Å². The van der Waals surface area contributed by atoms with Crippen molar-refractivity contribution in [3.63, 3.8) is 0 Å². The molecule has 2 aliphatic rings. The van der Waals surface area contributed by atoms with Crippen molar-refractivity contribution in [1.29, 1.82) is 0 Å². The summed E-state index contributed by atoms with van der Waals surface area (Å²) in [6, 6.07) is 16.2. The Kier molecular flexibility index (Phi) is 8.43. The molecule has 1 aromatic heterocycles. The van der Waals surface area contributed by atoms with Crippen LogP contribution in [0.3, 0.4) is 0 Å². The van der Waals surface area contributed by atoms with Gasteiger partial charge in [-0.1, -0.05) is 60.7 Å². The van der Waals surface area contributed by atoms with Gasteiger partial charge in [0.25, 0.3) is 0 Å². The molecular weight excluding hydrogens is 523 g/mol. The molecule has 2 aromatic carbocycles. The molecular formula is C29H30F3N5O3. The van der Waals surface area contributed by atoms with E-state index in [2.05, 4.69) is 50.7 Å². The van der Waals surface area contributed by atoms with Gasteiger partial charge in [-0.2, -0.15) is 13.2 Å². The fourth-order valence-electron chi connectivity index (χ4n) is 4.84. The van der Waals surface area contributed by atoms with Crippen LogP contribution in [0.5, 0.6) is 0 Å². The number of ether oxygens (including phenoxy) is 1. The second-order valence-corrected chi connectivity index (χ2v) is 9.57. The number of benzene rings is 2. The fraction of sp³-hybridized carbons (Fsp3) is 0.345. The average Bonchev–Trinajstić information content (AvgIpc) is 3.40. The van der Waals surface area contributed by atoms with Gasteiger partial charge in [0.2, 0.25) is 0 Å². The lowest BCUT2D eigenvalue weighted by atomic mass is 9.98. The maximum Gasteiger partial charge on any atom is 0.492 e. The first-order valence-electron chi connectivity index (χ1n) is 13.1. The van der Waals surface area contributed by atoms with Gasteiger partial charge in [-0.3, -0.25) is 0 Å². The highest BCUT2D eigenvalue weighted by molar-refractivity contribution is 5.75. The minimum absolute atomic E-state index is 0.0839. The van der Waals surface area contributed by atoms with Crippen LogP contribution < -0.4 is 5.32 Å². The Labute approximate surface area is 230 Å². The number of hydrogen-bond acceptors (Lipinski definition) is 7. The highest BCUT2D eigenvalue weighted by Gasteiger charge is 2.42. The first kappa shape index (κ1) is 27.8. The standard InChI is InChI=1S/C29H30F3N5O3/c1-39-19-18-37-26(24-6-2-20(3-7-24)22-10-14-33-15-11-22)34-35-27(37)25-8-4-21(5-9-25)23-12-16-36(17-13-23)40-28(38)29(30,31)32/h2-10,12,33H,11,13-19H2,1H3. The molecule has 1 N–H and O–H groups in total. The summed E-state index contributed by atoms with van der Waals surface area (Å²) in [5.74, 6) is -0.738. The van der Waals surface area contributed by atoms with Crippen molar-refractivity contribution < 1.29 is 27.5 Å². The van der Waals surface area contributed by atoms with Crippen molar-refractivity contribution in [2.75, 3.05) is 39.9 Å². The number of hydroxylamine groups is 2. The zero-order valence-electron chi connectivity index (χ0n) is 22.1. The molecule has 0 saturated carbocycles. The van der Waals surface area contributed by atoms with Gasteiger partial charge in [0.15, 0.2) is 11.6 Å². The summed E-state index contributed by atoms with van der Waals surface area (Å²) in [4.78, 5) is 15.5. The number of aromatic nitrogens is 3. The van der Waals surface area contributed by atoms with Crippen LogP contribution in [0.25, 0.3) is 33.9 Å². The van der Waals surface area contributed by atoms with Gasteiger partial charge < -0.3 is 19.5 Å². The van der Waals surface area contributed by atoms with Gasteiger partial charge in [-0.25, -0.2) is 4.79 Å². The second-order valence-electron chi connectivity index (χ2n) is 9.57. The third-order valence-electron chi connectivity index (χ3n) is 6.98. The molecule has 0 radical (unpaired) electrons. The first-order chi connectivity index (χ1) is 19.3. The van der Waals surface area contributed by atoms with Crippen molar-refractivity contribution in [1.82, 2.24) is 25.1 Å². The summed E-state index contributed by atoms with van der Waals surface area (Å²) in [5, 5.41) is 13.4. The van der Waals surface area contributed by atoms with Crippen LogP contribution in [0.4, 0.5) is 13.2 Å². The van der Waals surface area contributed by atoms with Gasteiger partial charge in [0, 0.05) is 37.9 Å². The number of hydrogen-bond donors (Lipinski definition) is 1. The van der Waals surface area contributed by atoms with E-state index in [4.69, 9.17) is 4.74 Å². The number of rotatable bonds is 8.